The van der Waals surface area contributed by atoms with E-state index in [1.54, 1.807) is 0 Å². The van der Waals surface area contributed by atoms with E-state index in [1.807, 2.05) is 43.3 Å². The zero-order chi connectivity index (χ0) is 12.5. The lowest BCUT2D eigenvalue weighted by molar-refractivity contribution is 0.180. The first-order valence-electron chi connectivity index (χ1n) is 5.47. The maximum absolute atomic E-state index is 5.47. The van der Waals surface area contributed by atoms with E-state index in [4.69, 9.17) is 10.6 Å². The molecule has 0 unspecified atom stereocenters. The Hall–Kier alpha value is -1.94. The summed E-state index contributed by atoms with van der Waals surface area (Å²) in [5.41, 5.74) is 4.58. The summed E-state index contributed by atoms with van der Waals surface area (Å²) in [5.74, 6) is 5.84. The summed E-state index contributed by atoms with van der Waals surface area (Å²) >= 11 is 0. The lowest BCUT2D eigenvalue weighted by Gasteiger charge is -2.12. The van der Waals surface area contributed by atoms with E-state index in [2.05, 4.69) is 17.3 Å². The molecule has 0 amide bonds. The summed E-state index contributed by atoms with van der Waals surface area (Å²) in [7, 11) is 0. The summed E-state index contributed by atoms with van der Waals surface area (Å²) < 4.78 is 5.47. The van der Waals surface area contributed by atoms with Gasteiger partial charge in [-0.1, -0.05) is 36.4 Å². The molecule has 1 aromatic rings. The van der Waals surface area contributed by atoms with Crippen LogP contribution in [-0.4, -0.2) is 6.54 Å². The summed E-state index contributed by atoms with van der Waals surface area (Å²) in [6, 6.07) is 9.94. The Morgan fingerprint density at radius 3 is 2.71 bits per heavy atom. The number of hydrazine groups is 1. The third kappa shape index (κ3) is 5.08. The van der Waals surface area contributed by atoms with Gasteiger partial charge in [-0.05, 0) is 19.1 Å². The van der Waals surface area contributed by atoms with Gasteiger partial charge in [-0.2, -0.15) is 0 Å². The SMILES string of the molecule is C=C(NCC(=CC)NN)OCc1ccccc1. The Kier molecular flexibility index (Phi) is 5.68. The van der Waals surface area contributed by atoms with Gasteiger partial charge in [-0.25, -0.2) is 0 Å². The van der Waals surface area contributed by atoms with Crippen LogP contribution in [0.2, 0.25) is 0 Å². The van der Waals surface area contributed by atoms with Crippen LogP contribution in [-0.2, 0) is 11.3 Å². The molecule has 0 aromatic heterocycles. The molecule has 17 heavy (non-hydrogen) atoms. The zero-order valence-electron chi connectivity index (χ0n) is 10.1. The van der Waals surface area contributed by atoms with Gasteiger partial charge in [0.05, 0.1) is 6.54 Å². The lowest BCUT2D eigenvalue weighted by Crippen LogP contribution is -2.29. The number of ether oxygens (including phenoxy) is 1. The van der Waals surface area contributed by atoms with Gasteiger partial charge in [0, 0.05) is 5.70 Å². The molecule has 4 nitrogen and oxygen atoms in total. The lowest BCUT2D eigenvalue weighted by atomic mass is 10.2. The molecule has 0 aliphatic rings. The minimum atomic E-state index is 0.508. The van der Waals surface area contributed by atoms with Crippen molar-refractivity contribution >= 4 is 0 Å². The Labute approximate surface area is 102 Å². The Balaban J connectivity index is 2.26. The highest BCUT2D eigenvalue weighted by molar-refractivity contribution is 5.13. The van der Waals surface area contributed by atoms with Crippen LogP contribution in [0.5, 0.6) is 0 Å². The van der Waals surface area contributed by atoms with Crippen LogP contribution < -0.4 is 16.6 Å². The summed E-state index contributed by atoms with van der Waals surface area (Å²) in [4.78, 5) is 0. The summed E-state index contributed by atoms with van der Waals surface area (Å²) in [6.07, 6.45) is 1.89. The Morgan fingerprint density at radius 1 is 1.41 bits per heavy atom. The average Bonchev–Trinajstić information content (AvgIpc) is 2.39. The van der Waals surface area contributed by atoms with Crippen molar-refractivity contribution < 1.29 is 4.74 Å². The number of allylic oxidation sites excluding steroid dienone is 1. The average molecular weight is 233 g/mol. The largest absolute Gasteiger partial charge is 0.475 e. The molecule has 0 fully saturated rings. The van der Waals surface area contributed by atoms with E-state index in [1.165, 1.54) is 0 Å². The van der Waals surface area contributed by atoms with Gasteiger partial charge in [-0.15, -0.1) is 0 Å². The van der Waals surface area contributed by atoms with Gasteiger partial charge in [0.1, 0.15) is 6.61 Å². The van der Waals surface area contributed by atoms with Gasteiger partial charge in [0.15, 0.2) is 5.88 Å². The first-order chi connectivity index (χ1) is 8.26. The minimum absolute atomic E-state index is 0.508. The molecule has 4 N–H and O–H groups in total. The van der Waals surface area contributed by atoms with Crippen molar-refractivity contribution in [3.8, 4) is 0 Å². The van der Waals surface area contributed by atoms with E-state index in [9.17, 15) is 0 Å². The highest BCUT2D eigenvalue weighted by atomic mass is 16.5. The number of hydrogen-bond donors (Lipinski definition) is 3. The van der Waals surface area contributed by atoms with Crippen molar-refractivity contribution in [1.29, 1.82) is 0 Å². The van der Waals surface area contributed by atoms with E-state index in [0.29, 0.717) is 19.0 Å². The number of rotatable bonds is 7. The molecule has 0 saturated carbocycles. The second-order valence-electron chi connectivity index (χ2n) is 3.51. The Morgan fingerprint density at radius 2 is 2.12 bits per heavy atom. The van der Waals surface area contributed by atoms with Crippen molar-refractivity contribution in [2.45, 2.75) is 13.5 Å². The van der Waals surface area contributed by atoms with E-state index >= 15 is 0 Å². The van der Waals surface area contributed by atoms with Crippen LogP contribution >= 0.6 is 0 Å². The molecule has 0 aliphatic carbocycles. The van der Waals surface area contributed by atoms with Crippen LogP contribution in [0.1, 0.15) is 12.5 Å². The minimum Gasteiger partial charge on any atom is -0.475 e. The van der Waals surface area contributed by atoms with Crippen molar-refractivity contribution in [1.82, 2.24) is 10.7 Å². The molecule has 0 radical (unpaired) electrons. The molecule has 0 aliphatic heterocycles. The smallest absolute Gasteiger partial charge is 0.179 e. The number of nitrogens with two attached hydrogens (primary N) is 1. The molecular weight excluding hydrogens is 214 g/mol. The molecule has 1 aromatic carbocycles. The highest BCUT2D eigenvalue weighted by Gasteiger charge is 1.97. The zero-order valence-corrected chi connectivity index (χ0v) is 10.1. The third-order valence-corrected chi connectivity index (χ3v) is 2.27. The van der Waals surface area contributed by atoms with Crippen LogP contribution in [0.25, 0.3) is 0 Å². The summed E-state index contributed by atoms with van der Waals surface area (Å²) in [5, 5.41) is 3.03. The molecular formula is C13H19N3O. The van der Waals surface area contributed by atoms with Crippen LogP contribution in [0.4, 0.5) is 0 Å². The monoisotopic (exact) mass is 233 g/mol. The predicted octanol–water partition coefficient (Wildman–Crippen LogP) is 1.63. The third-order valence-electron chi connectivity index (χ3n) is 2.27. The molecule has 0 bridgehead atoms. The molecule has 4 heteroatoms. The van der Waals surface area contributed by atoms with E-state index < -0.39 is 0 Å². The van der Waals surface area contributed by atoms with Crippen molar-refractivity contribution in [2.24, 2.45) is 5.84 Å². The highest BCUT2D eigenvalue weighted by Crippen LogP contribution is 2.02. The van der Waals surface area contributed by atoms with E-state index in [-0.39, 0.29) is 0 Å². The molecule has 0 heterocycles. The van der Waals surface area contributed by atoms with E-state index in [0.717, 1.165) is 11.3 Å². The van der Waals surface area contributed by atoms with Crippen molar-refractivity contribution in [3.05, 3.63) is 60.1 Å². The topological polar surface area (TPSA) is 59.3 Å². The molecule has 92 valence electrons. The second kappa shape index (κ2) is 7.35. The maximum Gasteiger partial charge on any atom is 0.179 e. The van der Waals surface area contributed by atoms with Gasteiger partial charge < -0.3 is 15.5 Å². The normalized spacial score (nSPS) is 10.8. The number of benzene rings is 1. The van der Waals surface area contributed by atoms with Crippen LogP contribution in [0.3, 0.4) is 0 Å². The fourth-order valence-corrected chi connectivity index (χ4v) is 1.23. The maximum atomic E-state index is 5.47. The molecule has 0 spiro atoms. The first kappa shape index (κ1) is 13.1. The van der Waals surface area contributed by atoms with Gasteiger partial charge in [0.25, 0.3) is 0 Å². The first-order valence-corrected chi connectivity index (χ1v) is 5.47. The van der Waals surface area contributed by atoms with Gasteiger partial charge >= 0.3 is 0 Å². The standard InChI is InChI=1S/C13H19N3O/c1-3-13(16-14)9-15-11(2)17-10-12-7-5-4-6-8-12/h3-8,15-16H,2,9-10,14H2,1H3. The predicted molar refractivity (Wildman–Crippen MR) is 69.5 cm³/mol. The van der Waals surface area contributed by atoms with Gasteiger partial charge in [-0.3, -0.25) is 5.84 Å². The second-order valence-corrected chi connectivity index (χ2v) is 3.51. The molecule has 0 atom stereocenters. The molecule has 1 rings (SSSR count). The number of hydrogen-bond acceptors (Lipinski definition) is 4. The number of nitrogens with one attached hydrogen (secondary N) is 2. The quantitative estimate of drug-likeness (QED) is 0.380. The van der Waals surface area contributed by atoms with Crippen LogP contribution in [0, 0.1) is 0 Å². The van der Waals surface area contributed by atoms with Gasteiger partial charge in [0.2, 0.25) is 0 Å². The fraction of sp³-hybridized carbons (Fsp3) is 0.231. The molecule has 0 saturated heterocycles. The Bertz CT molecular complexity index is 374. The van der Waals surface area contributed by atoms with Crippen molar-refractivity contribution in [2.75, 3.05) is 6.54 Å². The fourth-order valence-electron chi connectivity index (χ4n) is 1.23. The van der Waals surface area contributed by atoms with Crippen LogP contribution in [0.15, 0.2) is 54.6 Å². The summed E-state index contributed by atoms with van der Waals surface area (Å²) in [6.45, 7) is 6.77. The van der Waals surface area contributed by atoms with Crippen molar-refractivity contribution in [3.63, 3.8) is 0 Å².